The molecule has 0 saturated heterocycles. The molecule has 4 nitrogen and oxygen atoms in total. The van der Waals surface area contributed by atoms with Gasteiger partial charge in [-0.15, -0.1) is 0 Å². The summed E-state index contributed by atoms with van der Waals surface area (Å²) in [5, 5.41) is 8.72. The fourth-order valence-corrected chi connectivity index (χ4v) is 1.18. The Hall–Kier alpha value is -0.610. The van der Waals surface area contributed by atoms with Crippen molar-refractivity contribution < 1.29 is 14.6 Å². The molecule has 0 amide bonds. The van der Waals surface area contributed by atoms with Crippen molar-refractivity contribution in [2.75, 3.05) is 33.4 Å². The molecular weight excluding hydrogens is 170 g/mol. The average molecular weight is 189 g/mol. The zero-order chi connectivity index (χ0) is 10.3. The Bertz CT molecular complexity index is 150. The Morgan fingerprint density at radius 3 is 2.62 bits per heavy atom. The van der Waals surface area contributed by atoms with Crippen molar-refractivity contribution in [2.45, 2.75) is 13.8 Å². The molecule has 0 spiro atoms. The van der Waals surface area contributed by atoms with Crippen molar-refractivity contribution in [1.82, 2.24) is 4.90 Å². The lowest BCUT2D eigenvalue weighted by Crippen LogP contribution is -2.34. The highest BCUT2D eigenvalue weighted by atomic mass is 16.5. The van der Waals surface area contributed by atoms with Crippen molar-refractivity contribution in [3.63, 3.8) is 0 Å². The van der Waals surface area contributed by atoms with E-state index in [4.69, 9.17) is 5.11 Å². The predicted octanol–water partition coefficient (Wildman–Crippen LogP) is 0.110. The second kappa shape index (κ2) is 6.86. The van der Waals surface area contributed by atoms with Crippen LogP contribution in [0.4, 0.5) is 0 Å². The Morgan fingerprint density at radius 1 is 1.62 bits per heavy atom. The number of carbonyl (C=O) groups excluding carboxylic acids is 1. The Labute approximate surface area is 79.5 Å². The van der Waals surface area contributed by atoms with Crippen LogP contribution in [-0.4, -0.2) is 49.3 Å². The molecule has 0 aromatic rings. The van der Waals surface area contributed by atoms with E-state index in [9.17, 15) is 4.79 Å². The van der Waals surface area contributed by atoms with Crippen LogP contribution in [0.15, 0.2) is 0 Å². The average Bonchev–Trinajstić information content (AvgIpc) is 2.15. The molecule has 0 saturated carbocycles. The number of nitrogens with zero attached hydrogens (tertiary/aromatic N) is 1. The lowest BCUT2D eigenvalue weighted by atomic mass is 10.1. The van der Waals surface area contributed by atoms with Gasteiger partial charge in [-0.3, -0.25) is 4.79 Å². The van der Waals surface area contributed by atoms with Gasteiger partial charge in [0.2, 0.25) is 0 Å². The standard InChI is InChI=1S/C9H19NO3/c1-4-10(5-6-11)7-8(2)9(12)13-3/h8,11H,4-7H2,1-3H3. The zero-order valence-electron chi connectivity index (χ0n) is 8.62. The molecule has 1 N–H and O–H groups in total. The molecule has 78 valence electrons. The van der Waals surface area contributed by atoms with Crippen molar-refractivity contribution in [3.05, 3.63) is 0 Å². The van der Waals surface area contributed by atoms with Crippen molar-refractivity contribution in [2.24, 2.45) is 5.92 Å². The maximum atomic E-state index is 11.1. The molecule has 1 unspecified atom stereocenters. The van der Waals surface area contributed by atoms with E-state index in [0.29, 0.717) is 13.1 Å². The van der Waals surface area contributed by atoms with Crippen LogP contribution in [0.2, 0.25) is 0 Å². The van der Waals surface area contributed by atoms with Crippen molar-refractivity contribution in [3.8, 4) is 0 Å². The summed E-state index contributed by atoms with van der Waals surface area (Å²) in [5.74, 6) is -0.326. The number of likely N-dealkylation sites (N-methyl/N-ethyl adjacent to an activating group) is 1. The Balaban J connectivity index is 3.85. The van der Waals surface area contributed by atoms with Crippen LogP contribution >= 0.6 is 0 Å². The van der Waals surface area contributed by atoms with Gasteiger partial charge in [0.25, 0.3) is 0 Å². The van der Waals surface area contributed by atoms with Gasteiger partial charge in [-0.05, 0) is 6.54 Å². The fourth-order valence-electron chi connectivity index (χ4n) is 1.18. The highest BCUT2D eigenvalue weighted by molar-refractivity contribution is 5.72. The zero-order valence-corrected chi connectivity index (χ0v) is 8.62. The van der Waals surface area contributed by atoms with Gasteiger partial charge in [-0.2, -0.15) is 0 Å². The summed E-state index contributed by atoms with van der Waals surface area (Å²) in [6.07, 6.45) is 0. The van der Waals surface area contributed by atoms with Gasteiger partial charge in [0, 0.05) is 13.1 Å². The van der Waals surface area contributed by atoms with Crippen LogP contribution < -0.4 is 0 Å². The maximum absolute atomic E-state index is 11.1. The molecule has 4 heteroatoms. The number of hydrogen-bond acceptors (Lipinski definition) is 4. The van der Waals surface area contributed by atoms with E-state index in [1.165, 1.54) is 7.11 Å². The van der Waals surface area contributed by atoms with E-state index in [1.54, 1.807) is 0 Å². The second-order valence-corrected chi connectivity index (χ2v) is 3.04. The quantitative estimate of drug-likeness (QED) is 0.602. The first-order valence-corrected chi connectivity index (χ1v) is 4.56. The number of hydrogen-bond donors (Lipinski definition) is 1. The molecule has 1 atom stereocenters. The molecule has 0 aromatic heterocycles. The Kier molecular flexibility index (Phi) is 6.54. The smallest absolute Gasteiger partial charge is 0.309 e. The van der Waals surface area contributed by atoms with Gasteiger partial charge < -0.3 is 14.7 Å². The fraction of sp³-hybridized carbons (Fsp3) is 0.889. The third-order valence-corrected chi connectivity index (χ3v) is 2.00. The minimum atomic E-state index is -0.198. The first-order valence-electron chi connectivity index (χ1n) is 4.56. The van der Waals surface area contributed by atoms with E-state index in [-0.39, 0.29) is 18.5 Å². The number of rotatable bonds is 6. The highest BCUT2D eigenvalue weighted by Gasteiger charge is 2.15. The molecule has 13 heavy (non-hydrogen) atoms. The van der Waals surface area contributed by atoms with Gasteiger partial charge >= 0.3 is 5.97 Å². The summed E-state index contributed by atoms with van der Waals surface area (Å²) in [5.41, 5.74) is 0. The molecule has 0 heterocycles. The van der Waals surface area contributed by atoms with Gasteiger partial charge in [0.15, 0.2) is 0 Å². The molecule has 0 bridgehead atoms. The minimum Gasteiger partial charge on any atom is -0.469 e. The number of aliphatic hydroxyl groups is 1. The number of ether oxygens (including phenoxy) is 1. The van der Waals surface area contributed by atoms with Crippen LogP contribution in [0.25, 0.3) is 0 Å². The summed E-state index contributed by atoms with van der Waals surface area (Å²) in [7, 11) is 1.39. The summed E-state index contributed by atoms with van der Waals surface area (Å²) in [6.45, 7) is 6.04. The van der Waals surface area contributed by atoms with Gasteiger partial charge in [-0.25, -0.2) is 0 Å². The second-order valence-electron chi connectivity index (χ2n) is 3.04. The molecule has 0 aliphatic heterocycles. The SMILES string of the molecule is CCN(CCO)CC(C)C(=O)OC. The number of methoxy groups -OCH3 is 1. The normalized spacial score (nSPS) is 13.0. The van der Waals surface area contributed by atoms with Gasteiger partial charge in [0.05, 0.1) is 19.6 Å². The summed E-state index contributed by atoms with van der Waals surface area (Å²) < 4.78 is 4.61. The molecule has 0 aromatic carbocycles. The first-order chi connectivity index (χ1) is 6.15. The lowest BCUT2D eigenvalue weighted by Gasteiger charge is -2.21. The molecule has 0 radical (unpaired) electrons. The monoisotopic (exact) mass is 189 g/mol. The summed E-state index contributed by atoms with van der Waals surface area (Å²) >= 11 is 0. The van der Waals surface area contributed by atoms with E-state index in [1.807, 2.05) is 18.7 Å². The Morgan fingerprint density at radius 2 is 2.23 bits per heavy atom. The number of esters is 1. The summed E-state index contributed by atoms with van der Waals surface area (Å²) in [6, 6.07) is 0. The number of aliphatic hydroxyl groups excluding tert-OH is 1. The molecule has 0 aliphatic rings. The molecular formula is C9H19NO3. The molecule has 0 fully saturated rings. The topological polar surface area (TPSA) is 49.8 Å². The minimum absolute atomic E-state index is 0.127. The summed E-state index contributed by atoms with van der Waals surface area (Å²) in [4.78, 5) is 13.1. The van der Waals surface area contributed by atoms with Crippen LogP contribution in [0.3, 0.4) is 0 Å². The van der Waals surface area contributed by atoms with Crippen LogP contribution in [0.1, 0.15) is 13.8 Å². The van der Waals surface area contributed by atoms with E-state index in [2.05, 4.69) is 4.74 Å². The van der Waals surface area contributed by atoms with Crippen LogP contribution in [0.5, 0.6) is 0 Å². The van der Waals surface area contributed by atoms with E-state index < -0.39 is 0 Å². The first kappa shape index (κ1) is 12.4. The lowest BCUT2D eigenvalue weighted by molar-refractivity contribution is -0.145. The van der Waals surface area contributed by atoms with E-state index in [0.717, 1.165) is 6.54 Å². The van der Waals surface area contributed by atoms with Gasteiger partial charge in [-0.1, -0.05) is 13.8 Å². The van der Waals surface area contributed by atoms with Crippen LogP contribution in [0, 0.1) is 5.92 Å². The predicted molar refractivity (Wildman–Crippen MR) is 50.4 cm³/mol. The molecule has 0 aliphatic carbocycles. The largest absolute Gasteiger partial charge is 0.469 e. The third-order valence-electron chi connectivity index (χ3n) is 2.00. The van der Waals surface area contributed by atoms with Gasteiger partial charge in [0.1, 0.15) is 0 Å². The van der Waals surface area contributed by atoms with Crippen LogP contribution in [-0.2, 0) is 9.53 Å². The van der Waals surface area contributed by atoms with Crippen molar-refractivity contribution >= 4 is 5.97 Å². The third kappa shape index (κ3) is 4.85. The highest BCUT2D eigenvalue weighted by Crippen LogP contribution is 2.01. The van der Waals surface area contributed by atoms with Crippen molar-refractivity contribution in [1.29, 1.82) is 0 Å². The molecule has 0 rings (SSSR count). The maximum Gasteiger partial charge on any atom is 0.309 e. The van der Waals surface area contributed by atoms with E-state index >= 15 is 0 Å². The number of carbonyl (C=O) groups is 1.